The van der Waals surface area contributed by atoms with Gasteiger partial charge in [-0.25, -0.2) is 13.2 Å². The van der Waals surface area contributed by atoms with E-state index in [1.54, 1.807) is 6.92 Å². The highest BCUT2D eigenvalue weighted by Gasteiger charge is 2.29. The summed E-state index contributed by atoms with van der Waals surface area (Å²) < 4.78 is 33.6. The fourth-order valence-corrected chi connectivity index (χ4v) is 6.10. The summed E-state index contributed by atoms with van der Waals surface area (Å²) in [6.07, 6.45) is 0.892. The van der Waals surface area contributed by atoms with Gasteiger partial charge in [0.1, 0.15) is 0 Å². The number of rotatable bonds is 10. The number of hydrogen-bond acceptors (Lipinski definition) is 9. The molecule has 1 aliphatic rings. The Balaban J connectivity index is 1.31. The number of nitrogens with one attached hydrogen (secondary N) is 2. The normalized spacial score (nSPS) is 14.1. The van der Waals surface area contributed by atoms with Crippen molar-refractivity contribution in [3.05, 3.63) is 82.6 Å². The Labute approximate surface area is 254 Å². The second-order valence-corrected chi connectivity index (χ2v) is 12.2. The van der Waals surface area contributed by atoms with Crippen LogP contribution in [0.2, 0.25) is 5.15 Å². The molecule has 3 heterocycles. The summed E-state index contributed by atoms with van der Waals surface area (Å²) in [5.41, 5.74) is 3.21. The lowest BCUT2D eigenvalue weighted by Crippen LogP contribution is -2.35. The molecule has 0 spiro atoms. The van der Waals surface area contributed by atoms with Gasteiger partial charge in [-0.2, -0.15) is 0 Å². The molecule has 0 bridgehead atoms. The number of carbonyl (C=O) groups is 2. The molecule has 2 N–H and O–H groups in total. The largest absolute Gasteiger partial charge is 0.449 e. The van der Waals surface area contributed by atoms with Crippen molar-refractivity contribution in [2.75, 3.05) is 23.1 Å². The van der Waals surface area contributed by atoms with E-state index in [-0.39, 0.29) is 22.3 Å². The first-order valence-corrected chi connectivity index (χ1v) is 15.8. The average Bonchev–Trinajstić information content (AvgIpc) is 3.00. The van der Waals surface area contributed by atoms with E-state index in [9.17, 15) is 18.0 Å². The van der Waals surface area contributed by atoms with Gasteiger partial charge < -0.3 is 10.1 Å². The molecule has 1 unspecified atom stereocenters. The number of benzene rings is 2. The minimum Gasteiger partial charge on any atom is -0.449 e. The van der Waals surface area contributed by atoms with Crippen molar-refractivity contribution in [1.29, 1.82) is 0 Å². The number of carbonyl (C=O) groups excluding carboxylic acids is 2. The van der Waals surface area contributed by atoms with Crippen LogP contribution >= 0.6 is 11.6 Å². The molecule has 2 aromatic carbocycles. The van der Waals surface area contributed by atoms with Gasteiger partial charge in [0.05, 0.1) is 16.0 Å². The molecule has 13 heteroatoms. The van der Waals surface area contributed by atoms with Crippen molar-refractivity contribution in [3.8, 4) is 0 Å². The minimum atomic E-state index is -3.96. The summed E-state index contributed by atoms with van der Waals surface area (Å²) in [5.74, 6) is -1.09. The number of nitrogens with zero attached hydrogens (tertiary/aromatic N) is 4. The van der Waals surface area contributed by atoms with Gasteiger partial charge in [0.25, 0.3) is 15.9 Å². The van der Waals surface area contributed by atoms with E-state index < -0.39 is 28.0 Å². The summed E-state index contributed by atoms with van der Waals surface area (Å²) in [5, 5.41) is 10.8. The molecule has 0 saturated carbocycles. The maximum atomic E-state index is 13.7. The third-order valence-electron chi connectivity index (χ3n) is 7.09. The Morgan fingerprint density at radius 3 is 2.51 bits per heavy atom. The number of sulfonamides is 1. The smallest absolute Gasteiger partial charge is 0.340 e. The Morgan fingerprint density at radius 1 is 1.05 bits per heavy atom. The summed E-state index contributed by atoms with van der Waals surface area (Å²) in [4.78, 5) is 34.0. The van der Waals surface area contributed by atoms with Crippen LogP contribution in [0.3, 0.4) is 0 Å². The number of para-hydroxylation sites is 1. The Kier molecular flexibility index (Phi) is 9.19. The van der Waals surface area contributed by atoms with Gasteiger partial charge in [0.2, 0.25) is 0 Å². The van der Waals surface area contributed by atoms with E-state index >= 15 is 0 Å². The zero-order valence-corrected chi connectivity index (χ0v) is 25.3. The Bertz CT molecular complexity index is 1750. The molecule has 0 aliphatic carbocycles. The predicted octanol–water partition coefficient (Wildman–Crippen LogP) is 4.82. The third-order valence-corrected chi connectivity index (χ3v) is 8.66. The minimum absolute atomic E-state index is 0.00990. The fraction of sp³-hybridized carbons (Fsp3) is 0.300. The fourth-order valence-electron chi connectivity index (χ4n) is 5.00. The van der Waals surface area contributed by atoms with Crippen LogP contribution in [-0.2, 0) is 32.5 Å². The molecule has 1 aliphatic heterocycles. The molecule has 224 valence electrons. The van der Waals surface area contributed by atoms with Crippen LogP contribution < -0.4 is 10.0 Å². The lowest BCUT2D eigenvalue weighted by molar-refractivity contribution is -0.124. The standard InChI is InChI=1S/C30H31ClN6O5S/c1-3-16-37-17-15-24-22(18-37)28(21-7-5-6-8-23(21)33-24)30(39)42-25(4-2)29(38)32-19-9-11-20(12-10-19)43(40,41)36-27-14-13-26(31)34-35-27/h5-14,25H,3-4,15-18H2,1-2H3,(H,32,38)(H,35,36). The Morgan fingerprint density at radius 2 is 1.81 bits per heavy atom. The van der Waals surface area contributed by atoms with Gasteiger partial charge in [-0.1, -0.05) is 43.6 Å². The molecule has 1 amide bonds. The van der Waals surface area contributed by atoms with E-state index in [1.807, 2.05) is 24.3 Å². The van der Waals surface area contributed by atoms with Crippen LogP contribution in [0.15, 0.2) is 65.6 Å². The molecule has 0 saturated heterocycles. The first-order chi connectivity index (χ1) is 20.7. The molecule has 0 fully saturated rings. The second-order valence-electron chi connectivity index (χ2n) is 10.1. The van der Waals surface area contributed by atoms with Crippen LogP contribution in [0.4, 0.5) is 11.5 Å². The van der Waals surface area contributed by atoms with Gasteiger partial charge in [0, 0.05) is 41.8 Å². The van der Waals surface area contributed by atoms with Gasteiger partial charge in [-0.3, -0.25) is 19.4 Å². The van der Waals surface area contributed by atoms with Gasteiger partial charge in [0.15, 0.2) is 17.1 Å². The van der Waals surface area contributed by atoms with Crippen LogP contribution in [0.5, 0.6) is 0 Å². The van der Waals surface area contributed by atoms with Crippen LogP contribution in [0.25, 0.3) is 10.9 Å². The zero-order valence-electron chi connectivity index (χ0n) is 23.7. The highest BCUT2D eigenvalue weighted by molar-refractivity contribution is 7.92. The predicted molar refractivity (Wildman–Crippen MR) is 163 cm³/mol. The summed E-state index contributed by atoms with van der Waals surface area (Å²) in [6.45, 7) is 6.23. The number of anilines is 2. The topological polar surface area (TPSA) is 143 Å². The molecular weight excluding hydrogens is 592 g/mol. The maximum absolute atomic E-state index is 13.7. The SMILES string of the molecule is CCCN1CCc2nc3ccccc3c(C(=O)OC(CC)C(=O)Nc3ccc(S(=O)(=O)Nc4ccc(Cl)nn4)cc3)c2C1. The van der Waals surface area contributed by atoms with E-state index in [1.165, 1.54) is 36.4 Å². The summed E-state index contributed by atoms with van der Waals surface area (Å²) in [7, 11) is -3.96. The third kappa shape index (κ3) is 6.93. The maximum Gasteiger partial charge on any atom is 0.340 e. The second kappa shape index (κ2) is 13.0. The van der Waals surface area contributed by atoms with Gasteiger partial charge in [-0.15, -0.1) is 10.2 Å². The quantitative estimate of drug-likeness (QED) is 0.238. The molecule has 5 rings (SSSR count). The number of hydrogen-bond donors (Lipinski definition) is 2. The summed E-state index contributed by atoms with van der Waals surface area (Å²) >= 11 is 5.70. The molecule has 11 nitrogen and oxygen atoms in total. The monoisotopic (exact) mass is 622 g/mol. The van der Waals surface area contributed by atoms with Crippen molar-refractivity contribution in [2.24, 2.45) is 0 Å². The lowest BCUT2D eigenvalue weighted by atomic mass is 9.95. The van der Waals surface area contributed by atoms with Crippen molar-refractivity contribution in [3.63, 3.8) is 0 Å². The molecule has 1 atom stereocenters. The van der Waals surface area contributed by atoms with Crippen molar-refractivity contribution < 1.29 is 22.7 Å². The average molecular weight is 623 g/mol. The number of fused-ring (bicyclic) bond motifs is 2. The van der Waals surface area contributed by atoms with E-state index in [2.05, 4.69) is 32.1 Å². The number of esters is 1. The van der Waals surface area contributed by atoms with Crippen LogP contribution in [0.1, 0.15) is 48.3 Å². The van der Waals surface area contributed by atoms with Crippen molar-refractivity contribution in [1.82, 2.24) is 20.1 Å². The summed E-state index contributed by atoms with van der Waals surface area (Å²) in [6, 6.07) is 15.8. The highest BCUT2D eigenvalue weighted by atomic mass is 35.5. The van der Waals surface area contributed by atoms with E-state index in [0.717, 1.165) is 37.2 Å². The number of halogens is 1. The molecule has 2 aromatic heterocycles. The molecule has 0 radical (unpaired) electrons. The highest BCUT2D eigenvalue weighted by Crippen LogP contribution is 2.29. The van der Waals surface area contributed by atoms with Gasteiger partial charge >= 0.3 is 5.97 Å². The lowest BCUT2D eigenvalue weighted by Gasteiger charge is -2.30. The van der Waals surface area contributed by atoms with E-state index in [4.69, 9.17) is 21.3 Å². The first-order valence-electron chi connectivity index (χ1n) is 13.9. The van der Waals surface area contributed by atoms with Gasteiger partial charge in [-0.05, 0) is 61.9 Å². The molecular formula is C30H31ClN6O5S. The van der Waals surface area contributed by atoms with Crippen molar-refractivity contribution in [2.45, 2.75) is 50.7 Å². The number of ether oxygens (including phenoxy) is 1. The first kappa shape index (κ1) is 30.3. The Hall–Kier alpha value is -4.13. The zero-order chi connectivity index (χ0) is 30.6. The molecule has 43 heavy (non-hydrogen) atoms. The number of pyridine rings is 1. The van der Waals surface area contributed by atoms with E-state index in [0.29, 0.717) is 28.7 Å². The van der Waals surface area contributed by atoms with Crippen LogP contribution in [0, 0.1) is 0 Å². The van der Waals surface area contributed by atoms with Crippen LogP contribution in [-0.4, -0.2) is 59.6 Å². The number of amides is 1. The number of aromatic nitrogens is 3. The molecule has 4 aromatic rings. The van der Waals surface area contributed by atoms with Crippen molar-refractivity contribution >= 4 is 55.9 Å².